The molecule has 0 aromatic carbocycles. The molecule has 1 aliphatic heterocycles. The lowest BCUT2D eigenvalue weighted by Gasteiger charge is -2.16. The van der Waals surface area contributed by atoms with Crippen LogP contribution in [0.25, 0.3) is 5.82 Å². The second-order valence-corrected chi connectivity index (χ2v) is 6.21. The van der Waals surface area contributed by atoms with E-state index >= 15 is 0 Å². The van der Waals surface area contributed by atoms with Crippen LogP contribution in [0.15, 0.2) is 24.4 Å². The van der Waals surface area contributed by atoms with Crippen LogP contribution in [-0.2, 0) is 4.79 Å². The predicted octanol–water partition coefficient (Wildman–Crippen LogP) is 1.67. The first-order valence-corrected chi connectivity index (χ1v) is 8.38. The second-order valence-electron chi connectivity index (χ2n) is 6.21. The third kappa shape index (κ3) is 4.14. The molecule has 3 amide bonds. The van der Waals surface area contributed by atoms with Crippen molar-refractivity contribution in [3.8, 4) is 5.82 Å². The minimum absolute atomic E-state index is 0.141. The molecule has 8 nitrogen and oxygen atoms in total. The number of anilines is 1. The molecule has 1 saturated heterocycles. The van der Waals surface area contributed by atoms with Crippen molar-refractivity contribution in [3.05, 3.63) is 35.7 Å². The van der Waals surface area contributed by atoms with Crippen molar-refractivity contribution in [2.24, 2.45) is 0 Å². The summed E-state index contributed by atoms with van der Waals surface area (Å²) >= 11 is 0. The molecule has 25 heavy (non-hydrogen) atoms. The van der Waals surface area contributed by atoms with E-state index in [4.69, 9.17) is 0 Å². The molecule has 8 heteroatoms. The first kappa shape index (κ1) is 16.9. The fraction of sp³-hybridized carbons (Fsp3) is 0.412. The highest BCUT2D eigenvalue weighted by Gasteiger charge is 2.23. The maximum atomic E-state index is 12.3. The summed E-state index contributed by atoms with van der Waals surface area (Å²) in [5, 5.41) is 12.7. The quantitative estimate of drug-likeness (QED) is 0.790. The van der Waals surface area contributed by atoms with E-state index in [-0.39, 0.29) is 5.91 Å². The van der Waals surface area contributed by atoms with Crippen molar-refractivity contribution in [1.82, 2.24) is 25.4 Å². The van der Waals surface area contributed by atoms with Crippen molar-refractivity contribution >= 4 is 17.8 Å². The lowest BCUT2D eigenvalue weighted by molar-refractivity contribution is -0.122. The largest absolute Gasteiger partial charge is 0.354 e. The Kier molecular flexibility index (Phi) is 4.97. The topological polar surface area (TPSA) is 101 Å². The number of urea groups is 1. The summed E-state index contributed by atoms with van der Waals surface area (Å²) in [4.78, 5) is 28.6. The summed E-state index contributed by atoms with van der Waals surface area (Å²) < 4.78 is 1.58. The number of rotatable bonds is 3. The van der Waals surface area contributed by atoms with Gasteiger partial charge in [0, 0.05) is 18.8 Å². The first-order chi connectivity index (χ1) is 12.0. The van der Waals surface area contributed by atoms with Crippen LogP contribution in [0.1, 0.15) is 30.5 Å². The molecular formula is C17H22N6O2. The van der Waals surface area contributed by atoms with Gasteiger partial charge in [-0.05, 0) is 50.8 Å². The zero-order chi connectivity index (χ0) is 17.8. The minimum Gasteiger partial charge on any atom is -0.354 e. The average Bonchev–Trinajstić information content (AvgIpc) is 2.81. The molecule has 0 aliphatic carbocycles. The van der Waals surface area contributed by atoms with E-state index in [0.717, 1.165) is 24.1 Å². The Hall–Kier alpha value is -2.90. The number of nitrogens with one attached hydrogen (secondary N) is 3. The molecule has 0 unspecified atom stereocenters. The van der Waals surface area contributed by atoms with Gasteiger partial charge in [-0.2, -0.15) is 9.78 Å². The van der Waals surface area contributed by atoms with Gasteiger partial charge in [0.15, 0.2) is 5.82 Å². The normalized spacial score (nSPS) is 17.5. The smallest absolute Gasteiger partial charge is 0.321 e. The van der Waals surface area contributed by atoms with Gasteiger partial charge in [0.25, 0.3) is 0 Å². The Balaban J connectivity index is 1.74. The van der Waals surface area contributed by atoms with Gasteiger partial charge in [0.05, 0.1) is 5.69 Å². The molecule has 0 spiro atoms. The third-order valence-corrected chi connectivity index (χ3v) is 4.03. The van der Waals surface area contributed by atoms with Crippen LogP contribution < -0.4 is 16.0 Å². The van der Waals surface area contributed by atoms with Gasteiger partial charge in [-0.1, -0.05) is 0 Å². The van der Waals surface area contributed by atoms with E-state index < -0.39 is 12.1 Å². The van der Waals surface area contributed by atoms with Gasteiger partial charge >= 0.3 is 6.03 Å². The van der Waals surface area contributed by atoms with Gasteiger partial charge < -0.3 is 10.6 Å². The predicted molar refractivity (Wildman–Crippen MR) is 93.6 cm³/mol. The fourth-order valence-corrected chi connectivity index (χ4v) is 2.79. The third-order valence-electron chi connectivity index (χ3n) is 4.03. The van der Waals surface area contributed by atoms with Crippen LogP contribution in [-0.4, -0.2) is 39.3 Å². The molecule has 2 aromatic heterocycles. The van der Waals surface area contributed by atoms with Crippen molar-refractivity contribution in [2.75, 3.05) is 11.9 Å². The maximum absolute atomic E-state index is 12.3. The summed E-state index contributed by atoms with van der Waals surface area (Å²) in [7, 11) is 0. The van der Waals surface area contributed by atoms with E-state index in [9.17, 15) is 9.59 Å². The highest BCUT2D eigenvalue weighted by molar-refractivity contribution is 5.93. The molecule has 0 radical (unpaired) electrons. The molecule has 132 valence electrons. The number of amides is 3. The lowest BCUT2D eigenvalue weighted by atomic mass is 10.1. The SMILES string of the molecule is Cc1ccnc(-n2nc(C)cc2NC(=O)N[C@@H]2CCCCNC2=O)c1. The molecule has 0 saturated carbocycles. The van der Waals surface area contributed by atoms with Crippen LogP contribution in [0, 0.1) is 13.8 Å². The van der Waals surface area contributed by atoms with Crippen LogP contribution in [0.2, 0.25) is 0 Å². The number of pyridine rings is 1. The summed E-state index contributed by atoms with van der Waals surface area (Å²) in [5.41, 5.74) is 1.80. The van der Waals surface area contributed by atoms with Gasteiger partial charge in [-0.3, -0.25) is 10.1 Å². The van der Waals surface area contributed by atoms with E-state index in [1.807, 2.05) is 26.0 Å². The molecular weight excluding hydrogens is 320 g/mol. The van der Waals surface area contributed by atoms with Gasteiger partial charge in [-0.25, -0.2) is 9.78 Å². The lowest BCUT2D eigenvalue weighted by Crippen LogP contribution is -2.47. The van der Waals surface area contributed by atoms with Crippen LogP contribution in [0.4, 0.5) is 10.6 Å². The molecule has 1 atom stereocenters. The summed E-state index contributed by atoms with van der Waals surface area (Å²) in [5.74, 6) is 0.982. The van der Waals surface area contributed by atoms with Crippen molar-refractivity contribution < 1.29 is 9.59 Å². The zero-order valence-electron chi connectivity index (χ0n) is 14.4. The van der Waals surface area contributed by atoms with Crippen molar-refractivity contribution in [3.63, 3.8) is 0 Å². The molecule has 3 N–H and O–H groups in total. The van der Waals surface area contributed by atoms with Crippen molar-refractivity contribution in [2.45, 2.75) is 39.2 Å². The number of aryl methyl sites for hydroxylation is 2. The van der Waals surface area contributed by atoms with E-state index in [1.54, 1.807) is 16.9 Å². The number of carbonyl (C=O) groups excluding carboxylic acids is 2. The van der Waals surface area contributed by atoms with Gasteiger partial charge in [0.1, 0.15) is 11.9 Å². The van der Waals surface area contributed by atoms with E-state index in [1.165, 1.54) is 0 Å². The second kappa shape index (κ2) is 7.33. The molecule has 1 fully saturated rings. The molecule has 3 rings (SSSR count). The Labute approximate surface area is 146 Å². The Morgan fingerprint density at radius 1 is 1.32 bits per heavy atom. The first-order valence-electron chi connectivity index (χ1n) is 8.38. The Morgan fingerprint density at radius 3 is 2.96 bits per heavy atom. The number of nitrogens with zero attached hydrogens (tertiary/aromatic N) is 3. The van der Waals surface area contributed by atoms with Crippen LogP contribution in [0.5, 0.6) is 0 Å². The molecule has 0 bridgehead atoms. The molecule has 1 aliphatic rings. The molecule has 3 heterocycles. The van der Waals surface area contributed by atoms with Gasteiger partial charge in [-0.15, -0.1) is 0 Å². The minimum atomic E-state index is -0.517. The Bertz CT molecular complexity index is 785. The number of hydrogen-bond donors (Lipinski definition) is 3. The number of hydrogen-bond acceptors (Lipinski definition) is 4. The maximum Gasteiger partial charge on any atom is 0.321 e. The Morgan fingerprint density at radius 2 is 2.16 bits per heavy atom. The standard InChI is InChI=1S/C17H22N6O2/c1-11-6-8-18-14(9-11)23-15(10-12(2)22-23)21-17(25)20-13-5-3-4-7-19-16(13)24/h6,8-10,13H,3-5,7H2,1-2H3,(H,19,24)(H2,20,21,25)/t13-/m1/s1. The monoisotopic (exact) mass is 342 g/mol. The van der Waals surface area contributed by atoms with Crippen LogP contribution in [0.3, 0.4) is 0 Å². The number of carbonyl (C=O) groups is 2. The summed E-state index contributed by atoms with van der Waals surface area (Å²) in [6.45, 7) is 4.46. The summed E-state index contributed by atoms with van der Waals surface area (Å²) in [6, 6.07) is 4.59. The van der Waals surface area contributed by atoms with Crippen LogP contribution >= 0.6 is 0 Å². The number of aromatic nitrogens is 3. The van der Waals surface area contributed by atoms with Gasteiger partial charge in [0.2, 0.25) is 5.91 Å². The molecule has 2 aromatic rings. The average molecular weight is 342 g/mol. The van der Waals surface area contributed by atoms with E-state index in [2.05, 4.69) is 26.0 Å². The zero-order valence-corrected chi connectivity index (χ0v) is 14.4. The van der Waals surface area contributed by atoms with E-state index in [0.29, 0.717) is 24.6 Å². The highest BCUT2D eigenvalue weighted by atomic mass is 16.2. The fourth-order valence-electron chi connectivity index (χ4n) is 2.79. The highest BCUT2D eigenvalue weighted by Crippen LogP contribution is 2.16. The van der Waals surface area contributed by atoms with Crippen molar-refractivity contribution in [1.29, 1.82) is 0 Å². The summed E-state index contributed by atoms with van der Waals surface area (Å²) in [6.07, 6.45) is 4.16.